The summed E-state index contributed by atoms with van der Waals surface area (Å²) in [6.07, 6.45) is 25.0. The van der Waals surface area contributed by atoms with E-state index in [9.17, 15) is 0 Å². The standard InChI is InChI=1S/C54H42N2/c1-3-13-37(14-4-1)39-25-29-45(30-26-39)55-51-23-9-7-21-47(51)49-35-43(27-31-53(49)55)44-28-32-54-50(36-44)48-22-8-10-24-52(48)56(54)46-20-12-19-42(34-46)41-18-11-17-40(33-41)38-15-5-2-6-16-38/h1-11,13-15,17-18,20-29,31-36,38,45H,12,16,19,30H2. The van der Waals surface area contributed by atoms with E-state index in [0.29, 0.717) is 5.92 Å². The van der Waals surface area contributed by atoms with Gasteiger partial charge in [0.25, 0.3) is 0 Å². The summed E-state index contributed by atoms with van der Waals surface area (Å²) in [4.78, 5) is 0. The molecular formula is C54H42N2. The van der Waals surface area contributed by atoms with Crippen LogP contribution in [0.3, 0.4) is 0 Å². The van der Waals surface area contributed by atoms with Crippen LogP contribution < -0.4 is 0 Å². The lowest BCUT2D eigenvalue weighted by atomic mass is 9.88. The van der Waals surface area contributed by atoms with Crippen LogP contribution in [0.15, 0.2) is 194 Å². The number of hydrogen-bond acceptors (Lipinski definition) is 0. The molecule has 3 aliphatic carbocycles. The molecule has 2 nitrogen and oxygen atoms in total. The van der Waals surface area contributed by atoms with Crippen molar-refractivity contribution in [3.05, 3.63) is 211 Å². The summed E-state index contributed by atoms with van der Waals surface area (Å²) in [5.41, 5.74) is 15.5. The zero-order valence-electron chi connectivity index (χ0n) is 31.4. The lowest BCUT2D eigenvalue weighted by Crippen LogP contribution is -2.07. The summed E-state index contributed by atoms with van der Waals surface area (Å²) < 4.78 is 5.03. The first-order valence-corrected chi connectivity index (χ1v) is 20.1. The Balaban J connectivity index is 0.968. The molecule has 0 saturated heterocycles. The Hall–Kier alpha value is -6.64. The first kappa shape index (κ1) is 32.8. The zero-order valence-corrected chi connectivity index (χ0v) is 31.4. The number of benzene rings is 6. The minimum absolute atomic E-state index is 0.261. The Labute approximate surface area is 328 Å². The second-order valence-electron chi connectivity index (χ2n) is 15.5. The van der Waals surface area contributed by atoms with E-state index in [1.807, 2.05) is 0 Å². The summed E-state index contributed by atoms with van der Waals surface area (Å²) in [7, 11) is 0. The molecule has 3 aliphatic rings. The molecule has 8 aromatic rings. The number of nitrogens with zero attached hydrogens (tertiary/aromatic N) is 2. The molecule has 0 spiro atoms. The van der Waals surface area contributed by atoms with E-state index in [1.165, 1.54) is 88.3 Å². The highest BCUT2D eigenvalue weighted by Gasteiger charge is 2.21. The molecule has 6 aromatic carbocycles. The fourth-order valence-electron chi connectivity index (χ4n) is 9.48. The molecule has 0 radical (unpaired) electrons. The van der Waals surface area contributed by atoms with Crippen LogP contribution in [0, 0.1) is 0 Å². The van der Waals surface area contributed by atoms with Crippen LogP contribution in [0.5, 0.6) is 0 Å². The predicted molar refractivity (Wildman–Crippen MR) is 239 cm³/mol. The van der Waals surface area contributed by atoms with Gasteiger partial charge >= 0.3 is 0 Å². The molecule has 11 rings (SSSR count). The third-order valence-electron chi connectivity index (χ3n) is 12.2. The van der Waals surface area contributed by atoms with Crippen molar-refractivity contribution in [2.45, 2.75) is 37.6 Å². The molecular weight excluding hydrogens is 677 g/mol. The first-order chi connectivity index (χ1) is 27.8. The van der Waals surface area contributed by atoms with E-state index in [1.54, 1.807) is 0 Å². The largest absolute Gasteiger partial charge is 0.333 e. The lowest BCUT2D eigenvalue weighted by Gasteiger charge is -2.21. The van der Waals surface area contributed by atoms with E-state index < -0.39 is 0 Å². The maximum Gasteiger partial charge on any atom is 0.0560 e. The molecule has 2 heteroatoms. The van der Waals surface area contributed by atoms with E-state index in [-0.39, 0.29) is 6.04 Å². The average molecular weight is 719 g/mol. The Morgan fingerprint density at radius 1 is 0.500 bits per heavy atom. The summed E-state index contributed by atoms with van der Waals surface area (Å²) in [5.74, 6) is 0.449. The van der Waals surface area contributed by atoms with Gasteiger partial charge in [-0.1, -0.05) is 152 Å². The fourth-order valence-corrected chi connectivity index (χ4v) is 9.48. The second-order valence-corrected chi connectivity index (χ2v) is 15.5. The van der Waals surface area contributed by atoms with Crippen molar-refractivity contribution in [2.24, 2.45) is 0 Å². The van der Waals surface area contributed by atoms with Gasteiger partial charge in [0.2, 0.25) is 0 Å². The Morgan fingerprint density at radius 2 is 1.20 bits per heavy atom. The van der Waals surface area contributed by atoms with Crippen molar-refractivity contribution in [1.82, 2.24) is 9.13 Å². The van der Waals surface area contributed by atoms with Crippen LogP contribution >= 0.6 is 0 Å². The van der Waals surface area contributed by atoms with Gasteiger partial charge in [0.15, 0.2) is 0 Å². The number of hydrogen-bond donors (Lipinski definition) is 0. The molecule has 0 N–H and O–H groups in total. The normalized spacial score (nSPS) is 18.2. The molecule has 2 unspecified atom stereocenters. The smallest absolute Gasteiger partial charge is 0.0560 e. The van der Waals surface area contributed by atoms with Gasteiger partial charge in [-0.05, 0) is 107 Å². The van der Waals surface area contributed by atoms with Crippen LogP contribution in [0.25, 0.3) is 71.6 Å². The maximum atomic E-state index is 2.54. The molecule has 0 fully saturated rings. The van der Waals surface area contributed by atoms with E-state index in [2.05, 4.69) is 203 Å². The molecule has 2 aromatic heterocycles. The number of fused-ring (bicyclic) bond motifs is 6. The van der Waals surface area contributed by atoms with Gasteiger partial charge in [-0.25, -0.2) is 0 Å². The van der Waals surface area contributed by atoms with Crippen molar-refractivity contribution in [3.8, 4) is 11.1 Å². The zero-order chi connectivity index (χ0) is 37.0. The van der Waals surface area contributed by atoms with Gasteiger partial charge in [0, 0.05) is 44.2 Å². The highest BCUT2D eigenvalue weighted by molar-refractivity contribution is 6.13. The molecule has 2 atom stereocenters. The highest BCUT2D eigenvalue weighted by Crippen LogP contribution is 2.41. The van der Waals surface area contributed by atoms with E-state index >= 15 is 0 Å². The van der Waals surface area contributed by atoms with Gasteiger partial charge in [-0.2, -0.15) is 0 Å². The molecule has 2 heterocycles. The van der Waals surface area contributed by atoms with Crippen molar-refractivity contribution in [3.63, 3.8) is 0 Å². The quantitative estimate of drug-likeness (QED) is 0.162. The summed E-state index contributed by atoms with van der Waals surface area (Å²) in [5, 5.41) is 5.18. The Kier molecular flexibility index (Phi) is 7.95. The Bertz CT molecular complexity index is 3030. The summed E-state index contributed by atoms with van der Waals surface area (Å²) >= 11 is 0. The first-order valence-electron chi connectivity index (χ1n) is 20.1. The number of allylic oxidation sites excluding steroid dienone is 12. The number of aromatic nitrogens is 2. The number of rotatable bonds is 6. The topological polar surface area (TPSA) is 9.86 Å². The van der Waals surface area contributed by atoms with Crippen LogP contribution in [0.2, 0.25) is 0 Å². The van der Waals surface area contributed by atoms with Gasteiger partial charge in [-0.3, -0.25) is 0 Å². The minimum atomic E-state index is 0.261. The van der Waals surface area contributed by atoms with Crippen LogP contribution in [-0.4, -0.2) is 9.13 Å². The van der Waals surface area contributed by atoms with Crippen LogP contribution in [-0.2, 0) is 0 Å². The third-order valence-corrected chi connectivity index (χ3v) is 12.2. The number of para-hydroxylation sites is 2. The van der Waals surface area contributed by atoms with Gasteiger partial charge in [-0.15, -0.1) is 0 Å². The molecule has 0 aliphatic heterocycles. The van der Waals surface area contributed by atoms with E-state index in [0.717, 1.165) is 25.7 Å². The molecule has 0 saturated carbocycles. The lowest BCUT2D eigenvalue weighted by molar-refractivity contribution is 0.649. The highest BCUT2D eigenvalue weighted by atomic mass is 15.0. The monoisotopic (exact) mass is 718 g/mol. The van der Waals surface area contributed by atoms with Gasteiger partial charge < -0.3 is 9.13 Å². The maximum absolute atomic E-state index is 2.54. The van der Waals surface area contributed by atoms with Crippen molar-refractivity contribution in [2.75, 3.05) is 0 Å². The van der Waals surface area contributed by atoms with Crippen molar-refractivity contribution < 1.29 is 0 Å². The van der Waals surface area contributed by atoms with Crippen molar-refractivity contribution in [1.29, 1.82) is 0 Å². The van der Waals surface area contributed by atoms with Gasteiger partial charge in [0.1, 0.15) is 0 Å². The summed E-state index contributed by atoms with van der Waals surface area (Å²) in [6.45, 7) is 0. The van der Waals surface area contributed by atoms with Crippen LogP contribution in [0.4, 0.5) is 0 Å². The average Bonchev–Trinajstić information content (AvgIpc) is 3.79. The SMILES string of the molecule is C1=CCC(c2cccc(C3=CC(n4c5ccccc5c5cc(-c6ccc7c(c6)c6ccccc6n7C6C=CC(c7ccccc7)=CC6)ccc54)=CCC3)c2)C=C1. The van der Waals surface area contributed by atoms with E-state index in [4.69, 9.17) is 0 Å². The molecule has 56 heavy (non-hydrogen) atoms. The van der Waals surface area contributed by atoms with Crippen LogP contribution in [0.1, 0.15) is 54.3 Å². The molecule has 0 amide bonds. The fraction of sp³-hybridized carbons (Fsp3) is 0.111. The summed E-state index contributed by atoms with van der Waals surface area (Å²) in [6, 6.07) is 52.2. The second kappa shape index (κ2) is 13.6. The molecule has 0 bridgehead atoms. The van der Waals surface area contributed by atoms with Crippen molar-refractivity contribution >= 4 is 60.5 Å². The van der Waals surface area contributed by atoms with Gasteiger partial charge in [0.05, 0.1) is 17.1 Å². The predicted octanol–water partition coefficient (Wildman–Crippen LogP) is 14.5. The third kappa shape index (κ3) is 5.56. The Morgan fingerprint density at radius 3 is 1.98 bits per heavy atom. The minimum Gasteiger partial charge on any atom is -0.333 e. The molecule has 268 valence electrons.